The summed E-state index contributed by atoms with van der Waals surface area (Å²) in [6, 6.07) is 11.2. The number of halogens is 1. The SMILES string of the molecule is O=C(O)c1cc(C(=O)N2CCC(c3ccc(Br)cc3)CC2)ccn1. The van der Waals surface area contributed by atoms with Gasteiger partial charge in [0.1, 0.15) is 5.69 Å². The van der Waals surface area contributed by atoms with E-state index >= 15 is 0 Å². The average Bonchev–Trinajstić information content (AvgIpc) is 2.62. The molecule has 1 N–H and O–H groups in total. The second kappa shape index (κ2) is 7.13. The van der Waals surface area contributed by atoms with Gasteiger partial charge in [-0.1, -0.05) is 28.1 Å². The van der Waals surface area contributed by atoms with Crippen molar-refractivity contribution in [3.05, 3.63) is 63.9 Å². The summed E-state index contributed by atoms with van der Waals surface area (Å²) < 4.78 is 1.06. The van der Waals surface area contributed by atoms with Gasteiger partial charge in [-0.2, -0.15) is 0 Å². The third-order valence-electron chi connectivity index (χ3n) is 4.35. The molecule has 0 atom stereocenters. The molecule has 0 unspecified atom stereocenters. The summed E-state index contributed by atoms with van der Waals surface area (Å²) in [4.78, 5) is 29.1. The molecular weight excluding hydrogens is 372 g/mol. The zero-order valence-corrected chi connectivity index (χ0v) is 14.6. The molecule has 0 radical (unpaired) electrons. The molecule has 1 saturated heterocycles. The van der Waals surface area contributed by atoms with Gasteiger partial charge in [0.05, 0.1) is 0 Å². The smallest absolute Gasteiger partial charge is 0.354 e. The maximum atomic E-state index is 12.6. The van der Waals surface area contributed by atoms with Crippen molar-refractivity contribution >= 4 is 27.8 Å². The van der Waals surface area contributed by atoms with E-state index in [0.29, 0.717) is 24.6 Å². The van der Waals surface area contributed by atoms with Crippen LogP contribution >= 0.6 is 15.9 Å². The van der Waals surface area contributed by atoms with E-state index in [1.54, 1.807) is 11.0 Å². The van der Waals surface area contributed by atoms with E-state index in [0.717, 1.165) is 17.3 Å². The van der Waals surface area contributed by atoms with Gasteiger partial charge in [0.25, 0.3) is 5.91 Å². The van der Waals surface area contributed by atoms with Crippen LogP contribution in [0.15, 0.2) is 47.1 Å². The van der Waals surface area contributed by atoms with E-state index in [1.807, 2.05) is 12.1 Å². The summed E-state index contributed by atoms with van der Waals surface area (Å²) in [6.07, 6.45) is 3.18. The highest BCUT2D eigenvalue weighted by atomic mass is 79.9. The molecule has 124 valence electrons. The van der Waals surface area contributed by atoms with Gasteiger partial charge >= 0.3 is 5.97 Å². The van der Waals surface area contributed by atoms with Crippen LogP contribution in [-0.4, -0.2) is 40.0 Å². The van der Waals surface area contributed by atoms with Gasteiger partial charge < -0.3 is 10.0 Å². The number of carboxylic acids is 1. The summed E-state index contributed by atoms with van der Waals surface area (Å²) in [5.74, 6) is -0.804. The number of carboxylic acid groups (broad SMARTS) is 1. The molecule has 6 heteroatoms. The second-order valence-electron chi connectivity index (χ2n) is 5.85. The maximum Gasteiger partial charge on any atom is 0.354 e. The van der Waals surface area contributed by atoms with Gasteiger partial charge in [-0.25, -0.2) is 9.78 Å². The van der Waals surface area contributed by atoms with Crippen LogP contribution in [0.2, 0.25) is 0 Å². The number of piperidine rings is 1. The second-order valence-corrected chi connectivity index (χ2v) is 6.77. The largest absolute Gasteiger partial charge is 0.477 e. The van der Waals surface area contributed by atoms with Crippen molar-refractivity contribution in [1.29, 1.82) is 0 Å². The Morgan fingerprint density at radius 2 is 1.79 bits per heavy atom. The predicted octanol–water partition coefficient (Wildman–Crippen LogP) is 3.56. The first-order valence-electron chi connectivity index (χ1n) is 7.78. The summed E-state index contributed by atoms with van der Waals surface area (Å²) in [7, 11) is 0. The molecule has 3 rings (SSSR count). The maximum absolute atomic E-state index is 12.6. The van der Waals surface area contributed by atoms with E-state index in [4.69, 9.17) is 5.11 Å². The minimum atomic E-state index is -1.13. The van der Waals surface area contributed by atoms with Crippen LogP contribution in [0.3, 0.4) is 0 Å². The molecule has 2 heterocycles. The molecule has 1 aliphatic heterocycles. The normalized spacial score (nSPS) is 15.3. The first-order chi connectivity index (χ1) is 11.5. The van der Waals surface area contributed by atoms with Crippen LogP contribution < -0.4 is 0 Å². The predicted molar refractivity (Wildman–Crippen MR) is 93.2 cm³/mol. The molecule has 0 saturated carbocycles. The number of carbonyl (C=O) groups excluding carboxylic acids is 1. The van der Waals surface area contributed by atoms with Gasteiger partial charge in [-0.05, 0) is 48.6 Å². The molecule has 1 aromatic heterocycles. The van der Waals surface area contributed by atoms with Crippen LogP contribution in [0, 0.1) is 0 Å². The van der Waals surface area contributed by atoms with Gasteiger partial charge in [-0.3, -0.25) is 4.79 Å². The molecule has 1 fully saturated rings. The Labute approximate surface area is 148 Å². The van der Waals surface area contributed by atoms with Crippen molar-refractivity contribution < 1.29 is 14.7 Å². The quantitative estimate of drug-likeness (QED) is 0.872. The zero-order chi connectivity index (χ0) is 17.1. The molecule has 1 aromatic carbocycles. The Hall–Kier alpha value is -2.21. The molecule has 2 aromatic rings. The van der Waals surface area contributed by atoms with Crippen molar-refractivity contribution in [2.45, 2.75) is 18.8 Å². The fourth-order valence-electron chi connectivity index (χ4n) is 3.01. The van der Waals surface area contributed by atoms with Crippen molar-refractivity contribution in [3.8, 4) is 0 Å². The van der Waals surface area contributed by atoms with E-state index in [-0.39, 0.29) is 11.6 Å². The monoisotopic (exact) mass is 388 g/mol. The van der Waals surface area contributed by atoms with E-state index in [1.165, 1.54) is 17.8 Å². The van der Waals surface area contributed by atoms with E-state index in [9.17, 15) is 9.59 Å². The van der Waals surface area contributed by atoms with E-state index in [2.05, 4.69) is 33.0 Å². The van der Waals surface area contributed by atoms with Crippen LogP contribution in [0.25, 0.3) is 0 Å². The molecular formula is C18H17BrN2O3. The Kier molecular flexibility index (Phi) is 4.94. The number of pyridine rings is 1. The van der Waals surface area contributed by atoms with Crippen molar-refractivity contribution in [2.75, 3.05) is 13.1 Å². The number of carbonyl (C=O) groups is 2. The van der Waals surface area contributed by atoms with Gasteiger partial charge in [0.15, 0.2) is 0 Å². The average molecular weight is 389 g/mol. The zero-order valence-electron chi connectivity index (χ0n) is 13.0. The summed E-state index contributed by atoms with van der Waals surface area (Å²) in [5.41, 5.74) is 1.57. The van der Waals surface area contributed by atoms with Crippen molar-refractivity contribution in [2.24, 2.45) is 0 Å². The highest BCUT2D eigenvalue weighted by molar-refractivity contribution is 9.10. The first-order valence-corrected chi connectivity index (χ1v) is 8.58. The highest BCUT2D eigenvalue weighted by Crippen LogP contribution is 2.29. The number of hydrogen-bond donors (Lipinski definition) is 1. The molecule has 1 aliphatic rings. The van der Waals surface area contributed by atoms with Gasteiger partial charge in [-0.15, -0.1) is 0 Å². The lowest BCUT2D eigenvalue weighted by Gasteiger charge is -2.32. The summed E-state index contributed by atoms with van der Waals surface area (Å²) in [5, 5.41) is 8.99. The number of hydrogen-bond acceptors (Lipinski definition) is 3. The van der Waals surface area contributed by atoms with Crippen molar-refractivity contribution in [3.63, 3.8) is 0 Å². The first kappa shape index (κ1) is 16.6. The number of amides is 1. The molecule has 1 amide bonds. The van der Waals surface area contributed by atoms with Crippen molar-refractivity contribution in [1.82, 2.24) is 9.88 Å². The standard InChI is InChI=1S/C18H17BrN2O3/c19-15-3-1-12(2-4-15)13-6-9-21(10-7-13)17(22)14-5-8-20-16(11-14)18(23)24/h1-5,8,11,13H,6-7,9-10H2,(H,23,24). The van der Waals surface area contributed by atoms with Crippen LogP contribution in [0.5, 0.6) is 0 Å². The number of aromatic nitrogens is 1. The van der Waals surface area contributed by atoms with Crippen LogP contribution in [0.1, 0.15) is 45.2 Å². The molecule has 0 spiro atoms. The lowest BCUT2D eigenvalue weighted by molar-refractivity contribution is 0.0690. The van der Waals surface area contributed by atoms with Gasteiger partial charge in [0, 0.05) is 29.3 Å². The Bertz CT molecular complexity index is 753. The number of rotatable bonds is 3. The Balaban J connectivity index is 1.66. The van der Waals surface area contributed by atoms with E-state index < -0.39 is 5.97 Å². The van der Waals surface area contributed by atoms with Gasteiger partial charge in [0.2, 0.25) is 0 Å². The molecule has 0 bridgehead atoms. The summed E-state index contributed by atoms with van der Waals surface area (Å²) >= 11 is 3.44. The lowest BCUT2D eigenvalue weighted by Crippen LogP contribution is -2.38. The Morgan fingerprint density at radius 3 is 2.42 bits per heavy atom. The Morgan fingerprint density at radius 1 is 1.12 bits per heavy atom. The number of nitrogens with zero attached hydrogens (tertiary/aromatic N) is 2. The molecule has 5 nitrogen and oxygen atoms in total. The fraction of sp³-hybridized carbons (Fsp3) is 0.278. The van der Waals surface area contributed by atoms with Crippen LogP contribution in [-0.2, 0) is 0 Å². The number of benzene rings is 1. The number of aromatic carboxylic acids is 1. The summed E-state index contributed by atoms with van der Waals surface area (Å²) in [6.45, 7) is 1.34. The fourth-order valence-corrected chi connectivity index (χ4v) is 3.28. The minimum Gasteiger partial charge on any atom is -0.477 e. The third kappa shape index (κ3) is 3.64. The lowest BCUT2D eigenvalue weighted by atomic mass is 9.89. The van der Waals surface area contributed by atoms with Crippen LogP contribution in [0.4, 0.5) is 0 Å². The highest BCUT2D eigenvalue weighted by Gasteiger charge is 2.25. The minimum absolute atomic E-state index is 0.106. The number of likely N-dealkylation sites (tertiary alicyclic amines) is 1. The third-order valence-corrected chi connectivity index (χ3v) is 4.88. The molecule has 24 heavy (non-hydrogen) atoms. The topological polar surface area (TPSA) is 70.5 Å². The molecule has 0 aliphatic carbocycles.